The van der Waals surface area contributed by atoms with E-state index in [1.807, 2.05) is 12.1 Å². The molecule has 1 aromatic heterocycles. The van der Waals surface area contributed by atoms with Crippen molar-refractivity contribution < 1.29 is 9.15 Å². The highest BCUT2D eigenvalue weighted by Crippen LogP contribution is 2.01. The van der Waals surface area contributed by atoms with Crippen LogP contribution in [0.4, 0.5) is 0 Å². The second-order valence-corrected chi connectivity index (χ2v) is 4.03. The minimum Gasteiger partial charge on any atom is -0.467 e. The lowest BCUT2D eigenvalue weighted by Gasteiger charge is -2.04. The van der Waals surface area contributed by atoms with Crippen LogP contribution >= 0.6 is 0 Å². The van der Waals surface area contributed by atoms with Crippen molar-refractivity contribution in [2.45, 2.75) is 32.8 Å². The van der Waals surface area contributed by atoms with Crippen molar-refractivity contribution >= 4 is 5.96 Å². The van der Waals surface area contributed by atoms with Crippen LogP contribution in [0, 0.1) is 0 Å². The molecule has 102 valence electrons. The summed E-state index contributed by atoms with van der Waals surface area (Å²) in [5.41, 5.74) is 5.69. The Labute approximate surface area is 108 Å². The Morgan fingerprint density at radius 1 is 1.50 bits per heavy atom. The summed E-state index contributed by atoms with van der Waals surface area (Å²) in [4.78, 5) is 4.21. The van der Waals surface area contributed by atoms with E-state index >= 15 is 0 Å². The predicted molar refractivity (Wildman–Crippen MR) is 72.4 cm³/mol. The average Bonchev–Trinajstić information content (AvgIpc) is 2.87. The summed E-state index contributed by atoms with van der Waals surface area (Å²) in [6, 6.07) is 3.75. The topological polar surface area (TPSA) is 72.8 Å². The molecule has 1 heterocycles. The summed E-state index contributed by atoms with van der Waals surface area (Å²) in [6.07, 6.45) is 4.77. The maximum absolute atomic E-state index is 5.69. The molecule has 0 aliphatic rings. The van der Waals surface area contributed by atoms with Crippen LogP contribution in [0.1, 0.15) is 31.9 Å². The van der Waals surface area contributed by atoms with E-state index in [1.165, 1.54) is 0 Å². The molecule has 0 unspecified atom stereocenters. The third-order valence-electron chi connectivity index (χ3n) is 2.39. The highest BCUT2D eigenvalue weighted by Gasteiger charge is 1.95. The number of nitrogens with one attached hydrogen (secondary N) is 1. The summed E-state index contributed by atoms with van der Waals surface area (Å²) in [7, 11) is 0. The second-order valence-electron chi connectivity index (χ2n) is 4.03. The van der Waals surface area contributed by atoms with Gasteiger partial charge in [0.25, 0.3) is 0 Å². The molecule has 0 spiro atoms. The van der Waals surface area contributed by atoms with E-state index in [0.29, 0.717) is 25.7 Å². The zero-order chi connectivity index (χ0) is 13.1. The highest BCUT2D eigenvalue weighted by molar-refractivity contribution is 5.77. The molecule has 3 N–H and O–H groups in total. The van der Waals surface area contributed by atoms with E-state index in [9.17, 15) is 0 Å². The lowest BCUT2D eigenvalue weighted by molar-refractivity contribution is 0.105. The number of aliphatic imine (C=N–C) groups is 1. The Bertz CT molecular complexity index is 323. The highest BCUT2D eigenvalue weighted by atomic mass is 16.5. The fourth-order valence-electron chi connectivity index (χ4n) is 1.38. The lowest BCUT2D eigenvalue weighted by atomic mass is 10.3. The first-order chi connectivity index (χ1) is 8.83. The van der Waals surface area contributed by atoms with Crippen LogP contribution in [0.15, 0.2) is 27.8 Å². The van der Waals surface area contributed by atoms with E-state index < -0.39 is 0 Å². The van der Waals surface area contributed by atoms with Crippen LogP contribution in [0.5, 0.6) is 0 Å². The summed E-state index contributed by atoms with van der Waals surface area (Å²) < 4.78 is 10.6. The summed E-state index contributed by atoms with van der Waals surface area (Å²) >= 11 is 0. The quantitative estimate of drug-likeness (QED) is 0.400. The van der Waals surface area contributed by atoms with Crippen molar-refractivity contribution in [1.29, 1.82) is 0 Å². The van der Waals surface area contributed by atoms with Gasteiger partial charge in [-0.25, -0.2) is 0 Å². The maximum Gasteiger partial charge on any atom is 0.188 e. The first-order valence-corrected chi connectivity index (χ1v) is 6.47. The van der Waals surface area contributed by atoms with Crippen molar-refractivity contribution in [2.24, 2.45) is 10.7 Å². The van der Waals surface area contributed by atoms with E-state index in [2.05, 4.69) is 17.2 Å². The third kappa shape index (κ3) is 6.96. The summed E-state index contributed by atoms with van der Waals surface area (Å²) in [5, 5.41) is 3.07. The van der Waals surface area contributed by atoms with Crippen molar-refractivity contribution in [3.05, 3.63) is 24.2 Å². The Hall–Kier alpha value is -1.49. The molecule has 0 saturated carbocycles. The number of ether oxygens (including phenoxy) is 1. The molecule has 0 atom stereocenters. The standard InChI is InChI=1S/C13H23N3O2/c1-2-3-7-15-13(14)16-8-5-9-17-11-12-6-4-10-18-12/h4,6,10H,2-3,5,7-9,11H2,1H3,(H3,14,15,16). The molecule has 0 bridgehead atoms. The number of furan rings is 1. The van der Waals surface area contributed by atoms with E-state index in [4.69, 9.17) is 14.9 Å². The SMILES string of the molecule is CCCCNC(N)=NCCCOCc1ccco1. The number of guanidine groups is 1. The van der Waals surface area contributed by atoms with E-state index in [0.717, 1.165) is 31.6 Å². The van der Waals surface area contributed by atoms with Crippen LogP contribution in [-0.2, 0) is 11.3 Å². The monoisotopic (exact) mass is 253 g/mol. The van der Waals surface area contributed by atoms with Gasteiger partial charge in [0.05, 0.1) is 6.26 Å². The molecule has 18 heavy (non-hydrogen) atoms. The lowest BCUT2D eigenvalue weighted by Crippen LogP contribution is -2.32. The van der Waals surface area contributed by atoms with Gasteiger partial charge in [0, 0.05) is 19.7 Å². The minimum atomic E-state index is 0.515. The van der Waals surface area contributed by atoms with Gasteiger partial charge in [0.2, 0.25) is 0 Å². The van der Waals surface area contributed by atoms with Gasteiger partial charge >= 0.3 is 0 Å². The fourth-order valence-corrected chi connectivity index (χ4v) is 1.38. The van der Waals surface area contributed by atoms with Crippen LogP contribution in [0.25, 0.3) is 0 Å². The molecule has 0 amide bonds. The van der Waals surface area contributed by atoms with Gasteiger partial charge < -0.3 is 20.2 Å². The van der Waals surface area contributed by atoms with Gasteiger partial charge in [-0.1, -0.05) is 13.3 Å². The Balaban J connectivity index is 1.95. The van der Waals surface area contributed by atoms with Crippen molar-refractivity contribution in [1.82, 2.24) is 5.32 Å². The summed E-state index contributed by atoms with van der Waals surface area (Å²) in [6.45, 7) is 4.89. The number of hydrogen-bond donors (Lipinski definition) is 2. The molecule has 0 radical (unpaired) electrons. The van der Waals surface area contributed by atoms with Gasteiger partial charge in [-0.05, 0) is 25.0 Å². The molecular formula is C13H23N3O2. The molecule has 0 fully saturated rings. The van der Waals surface area contributed by atoms with Crippen molar-refractivity contribution in [3.8, 4) is 0 Å². The van der Waals surface area contributed by atoms with Crippen molar-refractivity contribution in [3.63, 3.8) is 0 Å². The van der Waals surface area contributed by atoms with Gasteiger partial charge in [0.15, 0.2) is 5.96 Å². The zero-order valence-corrected chi connectivity index (χ0v) is 11.0. The predicted octanol–water partition coefficient (Wildman–Crippen LogP) is 1.89. The van der Waals surface area contributed by atoms with Crippen LogP contribution in [0.2, 0.25) is 0 Å². The number of rotatable bonds is 9. The Kier molecular flexibility index (Phi) is 7.72. The molecule has 5 heteroatoms. The molecular weight excluding hydrogens is 230 g/mol. The van der Waals surface area contributed by atoms with Crippen molar-refractivity contribution in [2.75, 3.05) is 19.7 Å². The Morgan fingerprint density at radius 2 is 2.39 bits per heavy atom. The Morgan fingerprint density at radius 3 is 3.11 bits per heavy atom. The number of nitrogens with two attached hydrogens (primary N) is 1. The van der Waals surface area contributed by atoms with Gasteiger partial charge in [-0.2, -0.15) is 0 Å². The second kappa shape index (κ2) is 9.53. The van der Waals surface area contributed by atoms with Crippen LogP contribution in [0.3, 0.4) is 0 Å². The zero-order valence-electron chi connectivity index (χ0n) is 11.0. The molecule has 0 saturated heterocycles. The van der Waals surface area contributed by atoms with Gasteiger partial charge in [0.1, 0.15) is 12.4 Å². The largest absolute Gasteiger partial charge is 0.467 e. The smallest absolute Gasteiger partial charge is 0.188 e. The fraction of sp³-hybridized carbons (Fsp3) is 0.615. The molecule has 0 aliphatic carbocycles. The van der Waals surface area contributed by atoms with E-state index in [-0.39, 0.29) is 0 Å². The molecule has 0 aliphatic heterocycles. The third-order valence-corrected chi connectivity index (χ3v) is 2.39. The molecule has 5 nitrogen and oxygen atoms in total. The van der Waals surface area contributed by atoms with Gasteiger partial charge in [-0.3, -0.25) is 4.99 Å². The number of unbranched alkanes of at least 4 members (excludes halogenated alkanes) is 1. The minimum absolute atomic E-state index is 0.515. The number of hydrogen-bond acceptors (Lipinski definition) is 3. The first-order valence-electron chi connectivity index (χ1n) is 6.47. The molecule has 1 rings (SSSR count). The van der Waals surface area contributed by atoms with E-state index in [1.54, 1.807) is 6.26 Å². The van der Waals surface area contributed by atoms with Crippen LogP contribution in [-0.4, -0.2) is 25.7 Å². The maximum atomic E-state index is 5.69. The van der Waals surface area contributed by atoms with Gasteiger partial charge in [-0.15, -0.1) is 0 Å². The molecule has 1 aromatic rings. The average molecular weight is 253 g/mol. The summed E-state index contributed by atoms with van der Waals surface area (Å²) in [5.74, 6) is 1.37. The normalized spacial score (nSPS) is 11.7. The first kappa shape index (κ1) is 14.6. The van der Waals surface area contributed by atoms with Crippen LogP contribution < -0.4 is 11.1 Å². The molecule has 0 aromatic carbocycles. The number of nitrogens with zero attached hydrogens (tertiary/aromatic N) is 1.